The Morgan fingerprint density at radius 1 is 1.19 bits per heavy atom. The van der Waals surface area contributed by atoms with Crippen molar-refractivity contribution in [2.75, 3.05) is 0 Å². The summed E-state index contributed by atoms with van der Waals surface area (Å²) in [6.07, 6.45) is 3.47. The lowest BCUT2D eigenvalue weighted by atomic mass is 9.84. The summed E-state index contributed by atoms with van der Waals surface area (Å²) in [5.41, 5.74) is 1.37. The van der Waals surface area contributed by atoms with E-state index in [1.54, 1.807) is 0 Å². The van der Waals surface area contributed by atoms with Gasteiger partial charge in [-0.2, -0.15) is 0 Å². The van der Waals surface area contributed by atoms with E-state index < -0.39 is 0 Å². The molecule has 0 bridgehead atoms. The summed E-state index contributed by atoms with van der Waals surface area (Å²) in [5, 5.41) is 7.35. The van der Waals surface area contributed by atoms with E-state index in [1.807, 2.05) is 11.3 Å². The second-order valence-corrected chi connectivity index (χ2v) is 8.60. The first kappa shape index (κ1) is 18.6. The van der Waals surface area contributed by atoms with Gasteiger partial charge in [-0.3, -0.25) is 0 Å². The Labute approximate surface area is 135 Å². The molecular weight excluding hydrogens is 276 g/mol. The average molecular weight is 311 g/mol. The Hall–Kier alpha value is -0.410. The smallest absolute Gasteiger partial charge is 0.113 e. The molecule has 0 aliphatic carbocycles. The maximum Gasteiger partial charge on any atom is 0.113 e. The lowest BCUT2D eigenvalue weighted by Gasteiger charge is -2.36. The molecule has 1 N–H and O–H groups in total. The zero-order chi connectivity index (χ0) is 16.3. The van der Waals surface area contributed by atoms with Crippen LogP contribution in [0.3, 0.4) is 0 Å². The largest absolute Gasteiger partial charge is 0.303 e. The van der Waals surface area contributed by atoms with Gasteiger partial charge in [-0.05, 0) is 32.6 Å². The third-order valence-electron chi connectivity index (χ3n) is 4.24. The number of aromatic nitrogens is 1. The summed E-state index contributed by atoms with van der Waals surface area (Å²) >= 11 is 1.83. The maximum atomic E-state index is 5.02. The minimum absolute atomic E-state index is 0.0256. The molecule has 1 aromatic heterocycles. The summed E-state index contributed by atoms with van der Waals surface area (Å²) < 4.78 is 0. The van der Waals surface area contributed by atoms with E-state index in [1.165, 1.54) is 17.1 Å². The van der Waals surface area contributed by atoms with Crippen LogP contribution < -0.4 is 5.32 Å². The lowest BCUT2D eigenvalue weighted by molar-refractivity contribution is 0.231. The van der Waals surface area contributed by atoms with Gasteiger partial charge in [0, 0.05) is 16.8 Å². The van der Waals surface area contributed by atoms with Crippen LogP contribution in [0.1, 0.15) is 85.4 Å². The van der Waals surface area contributed by atoms with Crippen LogP contribution in [0.25, 0.3) is 0 Å². The fourth-order valence-corrected chi connectivity index (χ4v) is 4.03. The topological polar surface area (TPSA) is 24.9 Å². The van der Waals surface area contributed by atoms with E-state index in [9.17, 15) is 0 Å². The lowest BCUT2D eigenvalue weighted by Crippen LogP contribution is -2.46. The van der Waals surface area contributed by atoms with Crippen molar-refractivity contribution >= 4 is 11.3 Å². The van der Waals surface area contributed by atoms with Crippen LogP contribution >= 0.6 is 11.3 Å². The Morgan fingerprint density at radius 2 is 1.81 bits per heavy atom. The molecular formula is C18H34N2S. The molecule has 1 aromatic rings. The third kappa shape index (κ3) is 4.79. The number of thiazole rings is 1. The number of nitrogens with zero attached hydrogens (tertiary/aromatic N) is 1. The standard InChI is InChI=1S/C18H34N2S/c1-9-14(5)11-18(10-2,20-13(3)4)16-19-15(12-21-16)17(6,7)8/h12-14,20H,9-11H2,1-8H3. The van der Waals surface area contributed by atoms with E-state index in [-0.39, 0.29) is 11.0 Å². The highest BCUT2D eigenvalue weighted by atomic mass is 32.1. The van der Waals surface area contributed by atoms with Crippen molar-refractivity contribution in [3.05, 3.63) is 16.1 Å². The Bertz CT molecular complexity index is 431. The molecule has 2 unspecified atom stereocenters. The molecule has 3 heteroatoms. The number of hydrogen-bond donors (Lipinski definition) is 1. The molecule has 0 aliphatic heterocycles. The van der Waals surface area contributed by atoms with Gasteiger partial charge in [0.05, 0.1) is 11.2 Å². The molecule has 0 saturated heterocycles. The predicted octanol–water partition coefficient (Wildman–Crippen LogP) is 5.48. The molecule has 122 valence electrons. The minimum Gasteiger partial charge on any atom is -0.303 e. The van der Waals surface area contributed by atoms with E-state index in [2.05, 4.69) is 66.1 Å². The van der Waals surface area contributed by atoms with Gasteiger partial charge in [-0.25, -0.2) is 4.98 Å². The van der Waals surface area contributed by atoms with Crippen LogP contribution in [-0.4, -0.2) is 11.0 Å². The van der Waals surface area contributed by atoms with Crippen molar-refractivity contribution < 1.29 is 0 Å². The first-order valence-electron chi connectivity index (χ1n) is 8.38. The van der Waals surface area contributed by atoms with E-state index in [0.717, 1.165) is 12.8 Å². The summed E-state index contributed by atoms with van der Waals surface area (Å²) in [5.74, 6) is 0.707. The Morgan fingerprint density at radius 3 is 2.19 bits per heavy atom. The first-order valence-corrected chi connectivity index (χ1v) is 9.26. The maximum absolute atomic E-state index is 5.02. The van der Waals surface area contributed by atoms with Gasteiger partial charge in [-0.1, -0.05) is 48.0 Å². The van der Waals surface area contributed by atoms with Gasteiger partial charge in [0.2, 0.25) is 0 Å². The van der Waals surface area contributed by atoms with Gasteiger partial charge in [-0.15, -0.1) is 11.3 Å². The monoisotopic (exact) mass is 310 g/mol. The third-order valence-corrected chi connectivity index (χ3v) is 5.29. The van der Waals surface area contributed by atoms with Crippen molar-refractivity contribution in [2.45, 2.75) is 91.6 Å². The summed E-state index contributed by atoms with van der Waals surface area (Å²) in [6.45, 7) is 18.1. The molecule has 0 aliphatic rings. The van der Waals surface area contributed by atoms with Gasteiger partial charge < -0.3 is 5.32 Å². The van der Waals surface area contributed by atoms with Crippen LogP contribution in [0.2, 0.25) is 0 Å². The molecule has 0 amide bonds. The van der Waals surface area contributed by atoms with Crippen molar-refractivity contribution in [3.63, 3.8) is 0 Å². The fraction of sp³-hybridized carbons (Fsp3) is 0.833. The summed E-state index contributed by atoms with van der Waals surface area (Å²) in [4.78, 5) is 5.02. The van der Waals surface area contributed by atoms with Crippen LogP contribution in [0.15, 0.2) is 5.38 Å². The Balaban J connectivity index is 3.18. The fourth-order valence-electron chi connectivity index (χ4n) is 2.74. The molecule has 1 heterocycles. The quantitative estimate of drug-likeness (QED) is 0.721. The number of rotatable bonds is 7. The zero-order valence-electron chi connectivity index (χ0n) is 15.2. The van der Waals surface area contributed by atoms with Gasteiger partial charge >= 0.3 is 0 Å². The highest BCUT2D eigenvalue weighted by Crippen LogP contribution is 2.37. The van der Waals surface area contributed by atoms with Crippen LogP contribution in [0.4, 0.5) is 0 Å². The van der Waals surface area contributed by atoms with Crippen molar-refractivity contribution in [1.82, 2.24) is 10.3 Å². The highest BCUT2D eigenvalue weighted by molar-refractivity contribution is 7.09. The molecule has 0 radical (unpaired) electrons. The zero-order valence-corrected chi connectivity index (χ0v) is 16.0. The van der Waals surface area contributed by atoms with E-state index in [0.29, 0.717) is 12.0 Å². The number of nitrogens with one attached hydrogen (secondary N) is 1. The second-order valence-electron chi connectivity index (χ2n) is 7.74. The van der Waals surface area contributed by atoms with Crippen LogP contribution in [-0.2, 0) is 11.0 Å². The molecule has 1 rings (SSSR count). The molecule has 0 aromatic carbocycles. The summed E-state index contributed by atoms with van der Waals surface area (Å²) in [6, 6.07) is 0.469. The second kappa shape index (κ2) is 7.23. The predicted molar refractivity (Wildman–Crippen MR) is 95.1 cm³/mol. The first-order chi connectivity index (χ1) is 9.64. The normalized spacial score (nSPS) is 17.0. The molecule has 2 nitrogen and oxygen atoms in total. The van der Waals surface area contributed by atoms with E-state index >= 15 is 0 Å². The highest BCUT2D eigenvalue weighted by Gasteiger charge is 2.36. The van der Waals surface area contributed by atoms with Crippen molar-refractivity contribution in [2.24, 2.45) is 5.92 Å². The average Bonchev–Trinajstić information content (AvgIpc) is 2.87. The van der Waals surface area contributed by atoms with Gasteiger partial charge in [0.25, 0.3) is 0 Å². The van der Waals surface area contributed by atoms with Crippen LogP contribution in [0.5, 0.6) is 0 Å². The number of hydrogen-bond acceptors (Lipinski definition) is 3. The molecule has 0 fully saturated rings. The van der Waals surface area contributed by atoms with Gasteiger partial charge in [0.15, 0.2) is 0 Å². The van der Waals surface area contributed by atoms with E-state index in [4.69, 9.17) is 4.98 Å². The van der Waals surface area contributed by atoms with Crippen molar-refractivity contribution in [1.29, 1.82) is 0 Å². The van der Waals surface area contributed by atoms with Crippen molar-refractivity contribution in [3.8, 4) is 0 Å². The SMILES string of the molecule is CCC(C)CC(CC)(NC(C)C)c1nc(C(C)(C)C)cs1. The molecule has 21 heavy (non-hydrogen) atoms. The Kier molecular flexibility index (Phi) is 6.42. The van der Waals surface area contributed by atoms with Gasteiger partial charge in [0.1, 0.15) is 5.01 Å². The van der Waals surface area contributed by atoms with Crippen LogP contribution in [0, 0.1) is 5.92 Å². The minimum atomic E-state index is 0.0256. The molecule has 2 atom stereocenters. The summed E-state index contributed by atoms with van der Waals surface area (Å²) in [7, 11) is 0. The molecule has 0 saturated carbocycles. The molecule has 0 spiro atoms.